The summed E-state index contributed by atoms with van der Waals surface area (Å²) in [5.74, 6) is -0.731. The van der Waals surface area contributed by atoms with E-state index in [-0.39, 0.29) is 11.5 Å². The molecule has 0 aliphatic carbocycles. The zero-order valence-corrected chi connectivity index (χ0v) is 12.8. The highest BCUT2D eigenvalue weighted by Crippen LogP contribution is 2.39. The van der Waals surface area contributed by atoms with Gasteiger partial charge in [0.15, 0.2) is 0 Å². The molecule has 3 rings (SSSR count). The van der Waals surface area contributed by atoms with Gasteiger partial charge in [0.25, 0.3) is 5.91 Å². The van der Waals surface area contributed by atoms with Gasteiger partial charge in [0.05, 0.1) is 5.56 Å². The molecule has 2 aliphatic rings. The van der Waals surface area contributed by atoms with Crippen molar-refractivity contribution >= 4 is 17.5 Å². The van der Waals surface area contributed by atoms with Crippen molar-refractivity contribution in [3.05, 3.63) is 34.6 Å². The summed E-state index contributed by atoms with van der Waals surface area (Å²) < 4.78 is 13.8. The number of piperidine rings is 2. The molecule has 0 atom stereocenters. The lowest BCUT2D eigenvalue weighted by Gasteiger charge is -2.44. The van der Waals surface area contributed by atoms with Crippen LogP contribution in [-0.4, -0.2) is 37.0 Å². The first-order chi connectivity index (χ1) is 10.1. The Morgan fingerprint density at radius 2 is 1.86 bits per heavy atom. The molecule has 0 bridgehead atoms. The number of carbonyl (C=O) groups excluding carboxylic acids is 1. The SMILES string of the molecule is O=C(c1cc(Cl)ccc1F)N1CCC2(CCNCC2)CC1. The minimum atomic E-state index is -0.494. The van der Waals surface area contributed by atoms with Gasteiger partial charge in [-0.15, -0.1) is 0 Å². The van der Waals surface area contributed by atoms with Crippen molar-refractivity contribution in [2.45, 2.75) is 25.7 Å². The Morgan fingerprint density at radius 1 is 1.19 bits per heavy atom. The fraction of sp³-hybridized carbons (Fsp3) is 0.562. The number of likely N-dealkylation sites (tertiary alicyclic amines) is 1. The Labute approximate surface area is 129 Å². The summed E-state index contributed by atoms with van der Waals surface area (Å²) in [5, 5.41) is 3.78. The Bertz CT molecular complexity index is 533. The van der Waals surface area contributed by atoms with Gasteiger partial charge in [0.2, 0.25) is 0 Å². The summed E-state index contributed by atoms with van der Waals surface area (Å²) in [5.41, 5.74) is 0.471. The molecular weight excluding hydrogens is 291 g/mol. The molecule has 0 aromatic heterocycles. The number of amides is 1. The van der Waals surface area contributed by atoms with E-state index in [1.54, 1.807) is 4.90 Å². The molecule has 114 valence electrons. The summed E-state index contributed by atoms with van der Waals surface area (Å²) in [6.45, 7) is 3.56. The van der Waals surface area contributed by atoms with Crippen LogP contribution in [0.5, 0.6) is 0 Å². The molecule has 3 nitrogen and oxygen atoms in total. The van der Waals surface area contributed by atoms with Crippen molar-refractivity contribution in [2.75, 3.05) is 26.2 Å². The number of rotatable bonds is 1. The van der Waals surface area contributed by atoms with E-state index in [0.29, 0.717) is 23.5 Å². The molecule has 1 N–H and O–H groups in total. The van der Waals surface area contributed by atoms with Crippen molar-refractivity contribution in [1.82, 2.24) is 10.2 Å². The zero-order chi connectivity index (χ0) is 14.9. The number of carbonyl (C=O) groups is 1. The minimum Gasteiger partial charge on any atom is -0.339 e. The van der Waals surface area contributed by atoms with Crippen LogP contribution in [0.3, 0.4) is 0 Å². The standard InChI is InChI=1S/C16H20ClFN2O/c17-12-1-2-14(18)13(11-12)15(21)20-9-5-16(6-10-20)3-7-19-8-4-16/h1-2,11,19H,3-10H2. The average Bonchev–Trinajstić information content (AvgIpc) is 2.51. The van der Waals surface area contributed by atoms with Crippen LogP contribution in [-0.2, 0) is 0 Å². The first-order valence-corrected chi connectivity index (χ1v) is 7.93. The van der Waals surface area contributed by atoms with Gasteiger partial charge in [-0.1, -0.05) is 11.6 Å². The van der Waals surface area contributed by atoms with Gasteiger partial charge in [-0.05, 0) is 62.4 Å². The van der Waals surface area contributed by atoms with E-state index in [1.807, 2.05) is 0 Å². The third-order valence-electron chi connectivity index (χ3n) is 4.93. The molecule has 0 unspecified atom stereocenters. The Balaban J connectivity index is 1.69. The molecule has 2 saturated heterocycles. The van der Waals surface area contributed by atoms with Crippen LogP contribution in [0, 0.1) is 11.2 Å². The molecule has 1 amide bonds. The fourth-order valence-electron chi connectivity index (χ4n) is 3.47. The fourth-order valence-corrected chi connectivity index (χ4v) is 3.65. The maximum atomic E-state index is 13.8. The van der Waals surface area contributed by atoms with Crippen LogP contribution in [0.1, 0.15) is 36.0 Å². The second kappa shape index (κ2) is 5.93. The van der Waals surface area contributed by atoms with Crippen LogP contribution >= 0.6 is 11.6 Å². The van der Waals surface area contributed by atoms with E-state index in [0.717, 1.165) is 25.9 Å². The van der Waals surface area contributed by atoms with Crippen molar-refractivity contribution in [3.8, 4) is 0 Å². The Hall–Kier alpha value is -1.13. The second-order valence-corrected chi connectivity index (χ2v) is 6.60. The molecule has 0 radical (unpaired) electrons. The maximum Gasteiger partial charge on any atom is 0.256 e. The zero-order valence-electron chi connectivity index (χ0n) is 12.0. The van der Waals surface area contributed by atoms with Crippen molar-refractivity contribution in [1.29, 1.82) is 0 Å². The lowest BCUT2D eigenvalue weighted by molar-refractivity contribution is 0.0492. The summed E-state index contributed by atoms with van der Waals surface area (Å²) in [6, 6.07) is 4.15. The van der Waals surface area contributed by atoms with E-state index in [2.05, 4.69) is 5.32 Å². The van der Waals surface area contributed by atoms with Gasteiger partial charge in [-0.3, -0.25) is 4.79 Å². The lowest BCUT2D eigenvalue weighted by atomic mass is 9.71. The van der Waals surface area contributed by atoms with E-state index in [1.165, 1.54) is 31.0 Å². The Kier molecular flexibility index (Phi) is 4.18. The van der Waals surface area contributed by atoms with Gasteiger partial charge in [0.1, 0.15) is 5.82 Å². The number of halogens is 2. The average molecular weight is 311 g/mol. The third-order valence-corrected chi connectivity index (χ3v) is 5.17. The number of hydrogen-bond acceptors (Lipinski definition) is 2. The summed E-state index contributed by atoms with van der Waals surface area (Å²) in [6.07, 6.45) is 4.40. The highest BCUT2D eigenvalue weighted by atomic mass is 35.5. The molecule has 2 fully saturated rings. The third kappa shape index (κ3) is 3.06. The number of hydrogen-bond donors (Lipinski definition) is 1. The molecule has 0 saturated carbocycles. The van der Waals surface area contributed by atoms with Crippen LogP contribution in [0.15, 0.2) is 18.2 Å². The Morgan fingerprint density at radius 3 is 2.52 bits per heavy atom. The van der Waals surface area contributed by atoms with Gasteiger partial charge >= 0.3 is 0 Å². The van der Waals surface area contributed by atoms with Crippen LogP contribution in [0.4, 0.5) is 4.39 Å². The summed E-state index contributed by atoms with van der Waals surface area (Å²) in [4.78, 5) is 14.2. The summed E-state index contributed by atoms with van der Waals surface area (Å²) >= 11 is 5.87. The molecule has 1 aromatic rings. The number of nitrogens with one attached hydrogen (secondary N) is 1. The summed E-state index contributed by atoms with van der Waals surface area (Å²) in [7, 11) is 0. The smallest absolute Gasteiger partial charge is 0.256 e. The van der Waals surface area contributed by atoms with Gasteiger partial charge in [-0.25, -0.2) is 4.39 Å². The van der Waals surface area contributed by atoms with E-state index < -0.39 is 5.82 Å². The second-order valence-electron chi connectivity index (χ2n) is 6.17. The predicted molar refractivity (Wildman–Crippen MR) is 81.1 cm³/mol. The molecule has 1 spiro atoms. The van der Waals surface area contributed by atoms with Crippen molar-refractivity contribution in [3.63, 3.8) is 0 Å². The van der Waals surface area contributed by atoms with Crippen molar-refractivity contribution in [2.24, 2.45) is 5.41 Å². The molecule has 5 heteroatoms. The molecule has 1 aromatic carbocycles. The molecular formula is C16H20ClFN2O. The van der Waals surface area contributed by atoms with E-state index in [4.69, 9.17) is 11.6 Å². The monoisotopic (exact) mass is 310 g/mol. The van der Waals surface area contributed by atoms with Crippen LogP contribution in [0.25, 0.3) is 0 Å². The first kappa shape index (κ1) is 14.8. The highest BCUT2D eigenvalue weighted by molar-refractivity contribution is 6.31. The maximum absolute atomic E-state index is 13.8. The van der Waals surface area contributed by atoms with Crippen molar-refractivity contribution < 1.29 is 9.18 Å². The molecule has 2 aliphatic heterocycles. The van der Waals surface area contributed by atoms with Gasteiger partial charge in [0, 0.05) is 18.1 Å². The van der Waals surface area contributed by atoms with Crippen LogP contribution < -0.4 is 5.32 Å². The molecule has 2 heterocycles. The lowest BCUT2D eigenvalue weighted by Crippen LogP contribution is -2.47. The van der Waals surface area contributed by atoms with Gasteiger partial charge in [-0.2, -0.15) is 0 Å². The van der Waals surface area contributed by atoms with E-state index >= 15 is 0 Å². The number of nitrogens with zero attached hydrogens (tertiary/aromatic N) is 1. The van der Waals surface area contributed by atoms with Crippen LogP contribution in [0.2, 0.25) is 5.02 Å². The predicted octanol–water partition coefficient (Wildman–Crippen LogP) is 3.08. The van der Waals surface area contributed by atoms with E-state index in [9.17, 15) is 9.18 Å². The molecule has 21 heavy (non-hydrogen) atoms. The number of benzene rings is 1. The first-order valence-electron chi connectivity index (χ1n) is 7.55. The minimum absolute atomic E-state index is 0.0868. The highest BCUT2D eigenvalue weighted by Gasteiger charge is 2.37. The largest absolute Gasteiger partial charge is 0.339 e. The normalized spacial score (nSPS) is 21.5. The quantitative estimate of drug-likeness (QED) is 0.864. The van der Waals surface area contributed by atoms with Gasteiger partial charge < -0.3 is 10.2 Å². The topological polar surface area (TPSA) is 32.3 Å².